The van der Waals surface area contributed by atoms with Crippen molar-refractivity contribution in [1.82, 2.24) is 5.32 Å². The van der Waals surface area contributed by atoms with Gasteiger partial charge in [0.05, 0.1) is 19.4 Å². The molecule has 2 amide bonds. The minimum atomic E-state index is -0.972. The van der Waals surface area contributed by atoms with Crippen LogP contribution in [0, 0.1) is 5.92 Å². The van der Waals surface area contributed by atoms with Crippen LogP contribution in [0.15, 0.2) is 24.3 Å². The number of carbonyl (C=O) groups excluding carboxylic acids is 2. The van der Waals surface area contributed by atoms with E-state index in [2.05, 4.69) is 5.32 Å². The van der Waals surface area contributed by atoms with Crippen LogP contribution in [0.1, 0.15) is 19.8 Å². The van der Waals surface area contributed by atoms with E-state index in [-0.39, 0.29) is 31.2 Å². The first-order valence-electron chi connectivity index (χ1n) is 7.37. The van der Waals surface area contributed by atoms with Gasteiger partial charge in [0.25, 0.3) is 0 Å². The molecule has 7 nitrogen and oxygen atoms in total. The van der Waals surface area contributed by atoms with E-state index in [0.717, 1.165) is 0 Å². The van der Waals surface area contributed by atoms with Gasteiger partial charge in [-0.2, -0.15) is 0 Å². The minimum Gasteiger partial charge on any atom is -0.497 e. The highest BCUT2D eigenvalue weighted by Gasteiger charge is 2.35. The lowest BCUT2D eigenvalue weighted by Crippen LogP contribution is -2.39. The van der Waals surface area contributed by atoms with Gasteiger partial charge in [0.15, 0.2) is 0 Å². The van der Waals surface area contributed by atoms with Gasteiger partial charge in [-0.15, -0.1) is 0 Å². The molecule has 1 fully saturated rings. The van der Waals surface area contributed by atoms with Gasteiger partial charge in [-0.3, -0.25) is 14.4 Å². The van der Waals surface area contributed by atoms with Crippen molar-refractivity contribution >= 4 is 23.5 Å². The van der Waals surface area contributed by atoms with Gasteiger partial charge < -0.3 is 20.1 Å². The van der Waals surface area contributed by atoms with Gasteiger partial charge in [-0.1, -0.05) is 0 Å². The number of carboxylic acid groups (broad SMARTS) is 1. The third kappa shape index (κ3) is 4.21. The quantitative estimate of drug-likeness (QED) is 0.816. The zero-order valence-electron chi connectivity index (χ0n) is 13.1. The summed E-state index contributed by atoms with van der Waals surface area (Å²) in [5.74, 6) is -1.16. The zero-order valence-corrected chi connectivity index (χ0v) is 13.1. The van der Waals surface area contributed by atoms with Crippen molar-refractivity contribution in [3.05, 3.63) is 24.3 Å². The second-order valence-electron chi connectivity index (χ2n) is 5.61. The minimum absolute atomic E-state index is 0.123. The summed E-state index contributed by atoms with van der Waals surface area (Å²) in [5.41, 5.74) is 0.713. The first kappa shape index (κ1) is 16.8. The number of aliphatic carboxylic acids is 1. The molecule has 124 valence electrons. The normalized spacial score (nSPS) is 18.6. The third-order valence-corrected chi connectivity index (χ3v) is 3.75. The fraction of sp³-hybridized carbons (Fsp3) is 0.438. The number of carboxylic acids is 1. The van der Waals surface area contributed by atoms with E-state index in [1.165, 1.54) is 0 Å². The van der Waals surface area contributed by atoms with Crippen LogP contribution >= 0.6 is 0 Å². The van der Waals surface area contributed by atoms with Crippen molar-refractivity contribution in [2.75, 3.05) is 18.6 Å². The Morgan fingerprint density at radius 3 is 2.61 bits per heavy atom. The lowest BCUT2D eigenvalue weighted by atomic mass is 10.1. The van der Waals surface area contributed by atoms with Crippen LogP contribution in [0.2, 0.25) is 0 Å². The van der Waals surface area contributed by atoms with Crippen LogP contribution in [0.25, 0.3) is 0 Å². The fourth-order valence-corrected chi connectivity index (χ4v) is 2.57. The highest BCUT2D eigenvalue weighted by Crippen LogP contribution is 2.27. The standard InChI is InChI=1S/C16H20N2O5/c1-10(7-15(20)21)17-16(22)11-8-14(19)18(9-11)12-3-5-13(23-2)6-4-12/h3-6,10-11H,7-9H2,1-2H3,(H,17,22)(H,20,21). The van der Waals surface area contributed by atoms with E-state index in [4.69, 9.17) is 9.84 Å². The summed E-state index contributed by atoms with van der Waals surface area (Å²) in [6.07, 6.45) is -0.0216. The summed E-state index contributed by atoms with van der Waals surface area (Å²) in [6, 6.07) is 6.58. The van der Waals surface area contributed by atoms with Gasteiger partial charge in [0, 0.05) is 24.7 Å². The van der Waals surface area contributed by atoms with Crippen LogP contribution in [-0.4, -0.2) is 42.6 Å². The molecule has 0 radical (unpaired) electrons. The molecule has 2 rings (SSSR count). The number of carbonyl (C=O) groups is 3. The zero-order chi connectivity index (χ0) is 17.0. The maximum absolute atomic E-state index is 12.2. The number of benzene rings is 1. The Balaban J connectivity index is 1.98. The summed E-state index contributed by atoms with van der Waals surface area (Å²) < 4.78 is 5.08. The Morgan fingerprint density at radius 2 is 2.04 bits per heavy atom. The molecule has 1 heterocycles. The smallest absolute Gasteiger partial charge is 0.305 e. The molecule has 1 aliphatic heterocycles. The van der Waals surface area contributed by atoms with E-state index in [1.54, 1.807) is 43.2 Å². The number of amides is 2. The molecule has 2 N–H and O–H groups in total. The molecular weight excluding hydrogens is 300 g/mol. The van der Waals surface area contributed by atoms with Gasteiger partial charge in [0.1, 0.15) is 5.75 Å². The summed E-state index contributed by atoms with van der Waals surface area (Å²) in [4.78, 5) is 36.5. The molecule has 1 saturated heterocycles. The van der Waals surface area contributed by atoms with Gasteiger partial charge in [-0.25, -0.2) is 0 Å². The van der Waals surface area contributed by atoms with Crippen molar-refractivity contribution in [3.63, 3.8) is 0 Å². The van der Waals surface area contributed by atoms with E-state index >= 15 is 0 Å². The molecule has 0 aliphatic carbocycles. The van der Waals surface area contributed by atoms with Crippen molar-refractivity contribution in [2.24, 2.45) is 5.92 Å². The highest BCUT2D eigenvalue weighted by atomic mass is 16.5. The maximum atomic E-state index is 12.2. The van der Waals surface area contributed by atoms with Crippen molar-refractivity contribution in [3.8, 4) is 5.75 Å². The lowest BCUT2D eigenvalue weighted by Gasteiger charge is -2.18. The molecule has 23 heavy (non-hydrogen) atoms. The molecule has 2 unspecified atom stereocenters. The molecular formula is C16H20N2O5. The van der Waals surface area contributed by atoms with E-state index in [9.17, 15) is 14.4 Å². The molecule has 2 atom stereocenters. The molecule has 1 aromatic rings. The van der Waals surface area contributed by atoms with Crippen LogP contribution in [0.3, 0.4) is 0 Å². The first-order valence-corrected chi connectivity index (χ1v) is 7.37. The van der Waals surface area contributed by atoms with Gasteiger partial charge >= 0.3 is 5.97 Å². The molecule has 0 saturated carbocycles. The number of methoxy groups -OCH3 is 1. The third-order valence-electron chi connectivity index (χ3n) is 3.75. The summed E-state index contributed by atoms with van der Waals surface area (Å²) in [7, 11) is 1.56. The van der Waals surface area contributed by atoms with Crippen LogP contribution in [-0.2, 0) is 14.4 Å². The number of ether oxygens (including phenoxy) is 1. The number of nitrogens with zero attached hydrogens (tertiary/aromatic N) is 1. The van der Waals surface area contributed by atoms with Crippen molar-refractivity contribution < 1.29 is 24.2 Å². The second-order valence-corrected chi connectivity index (χ2v) is 5.61. The molecule has 1 aromatic carbocycles. The Hall–Kier alpha value is -2.57. The SMILES string of the molecule is COc1ccc(N2CC(C(=O)NC(C)CC(=O)O)CC2=O)cc1. The topological polar surface area (TPSA) is 95.9 Å². The molecule has 0 bridgehead atoms. The summed E-state index contributed by atoms with van der Waals surface area (Å²) in [5, 5.41) is 11.4. The number of anilines is 1. The highest BCUT2D eigenvalue weighted by molar-refractivity contribution is 6.00. The number of nitrogens with one attached hydrogen (secondary N) is 1. The predicted octanol–water partition coefficient (Wildman–Crippen LogP) is 1.03. The average Bonchev–Trinajstić information content (AvgIpc) is 2.88. The Bertz CT molecular complexity index is 599. The van der Waals surface area contributed by atoms with Crippen LogP contribution < -0.4 is 15.0 Å². The van der Waals surface area contributed by atoms with E-state index < -0.39 is 17.9 Å². The monoisotopic (exact) mass is 320 g/mol. The Kier molecular flexibility index (Phi) is 5.20. The average molecular weight is 320 g/mol. The number of hydrogen-bond acceptors (Lipinski definition) is 4. The lowest BCUT2D eigenvalue weighted by molar-refractivity contribution is -0.137. The molecule has 0 spiro atoms. The Morgan fingerprint density at radius 1 is 1.39 bits per heavy atom. The van der Waals surface area contributed by atoms with Gasteiger partial charge in [0.2, 0.25) is 11.8 Å². The molecule has 7 heteroatoms. The molecule has 1 aliphatic rings. The van der Waals surface area contributed by atoms with E-state index in [1.807, 2.05) is 0 Å². The van der Waals surface area contributed by atoms with Gasteiger partial charge in [-0.05, 0) is 31.2 Å². The Labute approximate surface area is 134 Å². The maximum Gasteiger partial charge on any atom is 0.305 e. The summed E-state index contributed by atoms with van der Waals surface area (Å²) >= 11 is 0. The number of rotatable bonds is 6. The van der Waals surface area contributed by atoms with Crippen molar-refractivity contribution in [2.45, 2.75) is 25.8 Å². The van der Waals surface area contributed by atoms with E-state index in [0.29, 0.717) is 11.4 Å². The van der Waals surface area contributed by atoms with Crippen LogP contribution in [0.4, 0.5) is 5.69 Å². The second kappa shape index (κ2) is 7.13. The van der Waals surface area contributed by atoms with Crippen molar-refractivity contribution in [1.29, 1.82) is 0 Å². The predicted molar refractivity (Wildman–Crippen MR) is 83.3 cm³/mol. The summed E-state index contributed by atoms with van der Waals surface area (Å²) in [6.45, 7) is 1.92. The largest absolute Gasteiger partial charge is 0.497 e. The fourth-order valence-electron chi connectivity index (χ4n) is 2.57. The molecule has 0 aromatic heterocycles. The van der Waals surface area contributed by atoms with Crippen LogP contribution in [0.5, 0.6) is 5.75 Å². The first-order chi connectivity index (χ1) is 10.9. The number of hydrogen-bond donors (Lipinski definition) is 2.